The van der Waals surface area contributed by atoms with Crippen LogP contribution in [0.5, 0.6) is 0 Å². The Hall–Kier alpha value is 0.190. The Balaban J connectivity index is 2.60. The van der Waals surface area contributed by atoms with Crippen LogP contribution in [0.4, 0.5) is 0 Å². The molecule has 5 atom stereocenters. The van der Waals surface area contributed by atoms with Gasteiger partial charge >= 0.3 is 0 Å². The number of aliphatic hydroxyl groups is 3. The van der Waals surface area contributed by atoms with Crippen molar-refractivity contribution in [3.63, 3.8) is 0 Å². The summed E-state index contributed by atoms with van der Waals surface area (Å²) in [4.78, 5) is 0. The van der Waals surface area contributed by atoms with E-state index in [-0.39, 0.29) is 0 Å². The molecule has 1 saturated heterocycles. The van der Waals surface area contributed by atoms with Crippen LogP contribution in [0.15, 0.2) is 0 Å². The molecule has 14 heavy (non-hydrogen) atoms. The lowest BCUT2D eigenvalue weighted by atomic mass is 10.0. The van der Waals surface area contributed by atoms with Gasteiger partial charge in [-0.05, 0) is 6.92 Å². The van der Waals surface area contributed by atoms with E-state index in [1.54, 1.807) is 6.92 Å². The van der Waals surface area contributed by atoms with E-state index >= 15 is 0 Å². The maximum Gasteiger partial charge on any atom is 0.132 e. The minimum atomic E-state index is -1.12. The molecule has 0 unspecified atom stereocenters. The highest BCUT2D eigenvalue weighted by atomic mass is 32.2. The number of rotatable bonds is 2. The molecule has 84 valence electrons. The third-order valence-electron chi connectivity index (χ3n) is 2.21. The molecule has 0 aromatic rings. The molecule has 4 nitrogen and oxygen atoms in total. The first-order chi connectivity index (χ1) is 6.43. The quantitative estimate of drug-likeness (QED) is 0.611. The lowest BCUT2D eigenvalue weighted by molar-refractivity contribution is -0.192. The van der Waals surface area contributed by atoms with E-state index in [1.165, 1.54) is 11.8 Å². The van der Waals surface area contributed by atoms with Crippen LogP contribution >= 0.6 is 11.8 Å². The van der Waals surface area contributed by atoms with Crippen LogP contribution in [-0.4, -0.2) is 50.4 Å². The second kappa shape index (κ2) is 4.81. The molecule has 0 bridgehead atoms. The van der Waals surface area contributed by atoms with Crippen LogP contribution in [0.3, 0.4) is 0 Å². The highest BCUT2D eigenvalue weighted by Gasteiger charge is 2.42. The van der Waals surface area contributed by atoms with Gasteiger partial charge in [-0.25, -0.2) is 0 Å². The highest BCUT2D eigenvalue weighted by Crippen LogP contribution is 2.30. The van der Waals surface area contributed by atoms with Crippen LogP contribution in [0.2, 0.25) is 0 Å². The third-order valence-corrected chi connectivity index (χ3v) is 3.42. The summed E-state index contributed by atoms with van der Waals surface area (Å²) < 4.78 is 5.40. The number of hydrogen-bond donors (Lipinski definition) is 3. The monoisotopic (exact) mass is 222 g/mol. The summed E-state index contributed by atoms with van der Waals surface area (Å²) >= 11 is 1.45. The van der Waals surface area contributed by atoms with Gasteiger partial charge in [0.2, 0.25) is 0 Å². The van der Waals surface area contributed by atoms with E-state index in [2.05, 4.69) is 0 Å². The first kappa shape index (κ1) is 12.3. The molecule has 0 aromatic carbocycles. The van der Waals surface area contributed by atoms with E-state index in [4.69, 9.17) is 4.74 Å². The Morgan fingerprint density at radius 2 is 1.64 bits per heavy atom. The summed E-state index contributed by atoms with van der Waals surface area (Å²) in [5.74, 6) is 0. The van der Waals surface area contributed by atoms with E-state index in [1.807, 2.05) is 13.8 Å². The molecule has 0 radical (unpaired) electrons. The predicted octanol–water partition coefficient (Wildman–Crippen LogP) is -0.0445. The molecule has 1 heterocycles. The molecule has 1 aliphatic heterocycles. The van der Waals surface area contributed by atoms with Crippen molar-refractivity contribution in [2.75, 3.05) is 0 Å². The normalized spacial score (nSPS) is 44.4. The van der Waals surface area contributed by atoms with Crippen molar-refractivity contribution in [1.82, 2.24) is 0 Å². The summed E-state index contributed by atoms with van der Waals surface area (Å²) in [5, 5.41) is 28.9. The Kier molecular flexibility index (Phi) is 4.21. The van der Waals surface area contributed by atoms with E-state index in [0.717, 1.165) is 0 Å². The lowest BCUT2D eigenvalue weighted by Crippen LogP contribution is -2.55. The van der Waals surface area contributed by atoms with Gasteiger partial charge in [-0.2, -0.15) is 0 Å². The Labute approximate surface area is 88.3 Å². The summed E-state index contributed by atoms with van der Waals surface area (Å²) in [6.45, 7) is 5.67. The maximum absolute atomic E-state index is 9.62. The smallest absolute Gasteiger partial charge is 0.132 e. The van der Waals surface area contributed by atoms with Gasteiger partial charge in [0.25, 0.3) is 0 Å². The molecular weight excluding hydrogens is 204 g/mol. The molecule has 0 saturated carbocycles. The largest absolute Gasteiger partial charge is 0.388 e. The van der Waals surface area contributed by atoms with Crippen LogP contribution in [0.1, 0.15) is 20.8 Å². The number of aliphatic hydroxyl groups excluding tert-OH is 3. The predicted molar refractivity (Wildman–Crippen MR) is 55.1 cm³/mol. The van der Waals surface area contributed by atoms with Gasteiger partial charge in [0, 0.05) is 5.25 Å². The molecule has 1 rings (SSSR count). The van der Waals surface area contributed by atoms with Crippen molar-refractivity contribution >= 4 is 11.8 Å². The fourth-order valence-corrected chi connectivity index (χ4v) is 2.49. The minimum absolute atomic E-state index is 0.310. The second-order valence-electron chi connectivity index (χ2n) is 3.87. The summed E-state index contributed by atoms with van der Waals surface area (Å²) in [7, 11) is 0. The molecule has 0 aromatic heterocycles. The Bertz CT molecular complexity index is 188. The molecule has 0 amide bonds. The third kappa shape index (κ3) is 2.61. The molecule has 5 heteroatoms. The molecule has 0 aliphatic carbocycles. The average Bonchev–Trinajstić information content (AvgIpc) is 2.10. The van der Waals surface area contributed by atoms with Gasteiger partial charge in [-0.15, -0.1) is 11.8 Å². The fraction of sp³-hybridized carbons (Fsp3) is 1.00. The maximum atomic E-state index is 9.62. The van der Waals surface area contributed by atoms with Gasteiger partial charge in [-0.1, -0.05) is 13.8 Å². The van der Waals surface area contributed by atoms with Crippen LogP contribution in [0, 0.1) is 0 Å². The van der Waals surface area contributed by atoms with Crippen LogP contribution in [-0.2, 0) is 4.74 Å². The molecule has 3 N–H and O–H groups in total. The summed E-state index contributed by atoms with van der Waals surface area (Å²) in [6.07, 6.45) is -3.58. The average molecular weight is 222 g/mol. The Morgan fingerprint density at radius 3 is 2.14 bits per heavy atom. The van der Waals surface area contributed by atoms with E-state index in [9.17, 15) is 15.3 Å². The molecule has 0 spiro atoms. The van der Waals surface area contributed by atoms with Gasteiger partial charge in [0.15, 0.2) is 0 Å². The Morgan fingerprint density at radius 1 is 1.07 bits per heavy atom. The first-order valence-electron chi connectivity index (χ1n) is 4.78. The topological polar surface area (TPSA) is 69.9 Å². The van der Waals surface area contributed by atoms with Crippen molar-refractivity contribution in [3.8, 4) is 0 Å². The zero-order valence-electron chi connectivity index (χ0n) is 8.62. The highest BCUT2D eigenvalue weighted by molar-refractivity contribution is 8.00. The molecule has 1 aliphatic rings. The van der Waals surface area contributed by atoms with Gasteiger partial charge in [0.05, 0.1) is 6.10 Å². The zero-order valence-corrected chi connectivity index (χ0v) is 9.44. The van der Waals surface area contributed by atoms with Crippen LogP contribution < -0.4 is 0 Å². The van der Waals surface area contributed by atoms with Gasteiger partial charge in [0.1, 0.15) is 23.7 Å². The van der Waals surface area contributed by atoms with Gasteiger partial charge in [-0.3, -0.25) is 0 Å². The summed E-state index contributed by atoms with van der Waals surface area (Å²) in [6, 6.07) is 0. The SMILES string of the molecule is CC(C)S[C@H]1O[C@@H](C)[C@@H](O)[C@@H](O)[C@@H]1O. The summed E-state index contributed by atoms with van der Waals surface area (Å²) in [5.41, 5.74) is -0.455. The zero-order chi connectivity index (χ0) is 10.9. The van der Waals surface area contributed by atoms with Crippen molar-refractivity contribution in [1.29, 1.82) is 0 Å². The minimum Gasteiger partial charge on any atom is -0.388 e. The lowest BCUT2D eigenvalue weighted by Gasteiger charge is -2.39. The van der Waals surface area contributed by atoms with E-state index < -0.39 is 29.9 Å². The number of thioether (sulfide) groups is 1. The van der Waals surface area contributed by atoms with Crippen LogP contribution in [0.25, 0.3) is 0 Å². The van der Waals surface area contributed by atoms with E-state index in [0.29, 0.717) is 5.25 Å². The second-order valence-corrected chi connectivity index (χ2v) is 5.55. The standard InChI is InChI=1S/C9H18O4S/c1-4(2)14-9-8(12)7(11)6(10)5(3)13-9/h4-12H,1-3H3/t5-,6+,7+,8-,9+/m0/s1. The van der Waals surface area contributed by atoms with Crippen molar-refractivity contribution in [2.24, 2.45) is 0 Å². The fourth-order valence-electron chi connectivity index (χ4n) is 1.39. The first-order valence-corrected chi connectivity index (χ1v) is 5.73. The molecule has 1 fully saturated rings. The van der Waals surface area contributed by atoms with Gasteiger partial charge < -0.3 is 20.1 Å². The van der Waals surface area contributed by atoms with Crippen molar-refractivity contribution < 1.29 is 20.1 Å². The van der Waals surface area contributed by atoms with Crippen molar-refractivity contribution in [3.05, 3.63) is 0 Å². The number of ether oxygens (including phenoxy) is 1. The number of hydrogen-bond acceptors (Lipinski definition) is 5. The molecular formula is C9H18O4S. The van der Waals surface area contributed by atoms with Crippen molar-refractivity contribution in [2.45, 2.75) is 55.9 Å².